The Bertz CT molecular complexity index is 278. The molecule has 66 valence electrons. The SMILES string of the molecule is COC(C)C(=O)c1csc(C)c1. The van der Waals surface area contributed by atoms with Crippen LogP contribution in [0.25, 0.3) is 0 Å². The van der Waals surface area contributed by atoms with E-state index in [1.807, 2.05) is 18.4 Å². The number of hydrogen-bond donors (Lipinski definition) is 0. The van der Waals surface area contributed by atoms with Gasteiger partial charge < -0.3 is 4.74 Å². The second-order valence-electron chi connectivity index (χ2n) is 2.69. The van der Waals surface area contributed by atoms with Crippen LogP contribution in [0, 0.1) is 6.92 Å². The van der Waals surface area contributed by atoms with Crippen molar-refractivity contribution in [2.24, 2.45) is 0 Å². The van der Waals surface area contributed by atoms with Gasteiger partial charge in [0, 0.05) is 22.9 Å². The Hall–Kier alpha value is -0.670. The molecule has 1 heterocycles. The molecule has 12 heavy (non-hydrogen) atoms. The van der Waals surface area contributed by atoms with Crippen molar-refractivity contribution in [2.45, 2.75) is 20.0 Å². The van der Waals surface area contributed by atoms with E-state index in [0.717, 1.165) is 10.4 Å². The van der Waals surface area contributed by atoms with Gasteiger partial charge in [-0.2, -0.15) is 0 Å². The molecule has 0 aliphatic rings. The van der Waals surface area contributed by atoms with Crippen molar-refractivity contribution in [3.63, 3.8) is 0 Å². The first-order valence-corrected chi connectivity index (χ1v) is 4.65. The van der Waals surface area contributed by atoms with Crippen molar-refractivity contribution in [2.75, 3.05) is 7.11 Å². The summed E-state index contributed by atoms with van der Waals surface area (Å²) in [6.07, 6.45) is -0.334. The van der Waals surface area contributed by atoms with E-state index in [4.69, 9.17) is 4.74 Å². The summed E-state index contributed by atoms with van der Waals surface area (Å²) >= 11 is 1.58. The van der Waals surface area contributed by atoms with Crippen molar-refractivity contribution < 1.29 is 9.53 Å². The quantitative estimate of drug-likeness (QED) is 0.674. The van der Waals surface area contributed by atoms with Gasteiger partial charge in [0.15, 0.2) is 5.78 Å². The molecule has 1 atom stereocenters. The number of thiophene rings is 1. The van der Waals surface area contributed by atoms with Crippen LogP contribution in [0.4, 0.5) is 0 Å². The third kappa shape index (κ3) is 1.93. The highest BCUT2D eigenvalue weighted by molar-refractivity contribution is 7.10. The van der Waals surface area contributed by atoms with Gasteiger partial charge in [0.2, 0.25) is 0 Å². The zero-order chi connectivity index (χ0) is 9.14. The molecule has 1 unspecified atom stereocenters. The highest BCUT2D eigenvalue weighted by atomic mass is 32.1. The second-order valence-corrected chi connectivity index (χ2v) is 3.80. The molecule has 0 aromatic carbocycles. The first kappa shape index (κ1) is 9.42. The number of carbonyl (C=O) groups is 1. The van der Waals surface area contributed by atoms with Crippen molar-refractivity contribution in [3.8, 4) is 0 Å². The van der Waals surface area contributed by atoms with Gasteiger partial charge >= 0.3 is 0 Å². The summed E-state index contributed by atoms with van der Waals surface area (Å²) in [4.78, 5) is 12.6. The summed E-state index contributed by atoms with van der Waals surface area (Å²) < 4.78 is 4.93. The van der Waals surface area contributed by atoms with Crippen LogP contribution in [0.1, 0.15) is 22.2 Å². The van der Waals surface area contributed by atoms with Crippen molar-refractivity contribution in [1.29, 1.82) is 0 Å². The molecule has 1 aromatic heterocycles. The van der Waals surface area contributed by atoms with Crippen LogP contribution in [0.3, 0.4) is 0 Å². The molecule has 0 saturated heterocycles. The molecule has 2 nitrogen and oxygen atoms in total. The van der Waals surface area contributed by atoms with Gasteiger partial charge in [0.25, 0.3) is 0 Å². The first-order chi connectivity index (χ1) is 5.65. The minimum absolute atomic E-state index is 0.0573. The van der Waals surface area contributed by atoms with Crippen LogP contribution in [0.5, 0.6) is 0 Å². The van der Waals surface area contributed by atoms with Gasteiger partial charge in [-0.25, -0.2) is 0 Å². The van der Waals surface area contributed by atoms with Gasteiger partial charge in [0.05, 0.1) is 0 Å². The number of ketones is 1. The van der Waals surface area contributed by atoms with E-state index in [1.165, 1.54) is 0 Å². The lowest BCUT2D eigenvalue weighted by molar-refractivity contribution is 0.0656. The average molecular weight is 184 g/mol. The zero-order valence-corrected chi connectivity index (χ0v) is 8.27. The molecule has 0 N–H and O–H groups in total. The molecule has 0 spiro atoms. The summed E-state index contributed by atoms with van der Waals surface area (Å²) in [5.41, 5.74) is 0.756. The predicted octanol–water partition coefficient (Wildman–Crippen LogP) is 2.27. The predicted molar refractivity (Wildman–Crippen MR) is 49.9 cm³/mol. The van der Waals surface area contributed by atoms with Crippen LogP contribution in [0.15, 0.2) is 11.4 Å². The van der Waals surface area contributed by atoms with E-state index < -0.39 is 0 Å². The van der Waals surface area contributed by atoms with E-state index in [1.54, 1.807) is 25.4 Å². The lowest BCUT2D eigenvalue weighted by atomic mass is 10.1. The van der Waals surface area contributed by atoms with Gasteiger partial charge in [-0.1, -0.05) is 0 Å². The third-order valence-corrected chi connectivity index (χ3v) is 2.60. The standard InChI is InChI=1S/C9H12O2S/c1-6-4-8(5-12-6)9(10)7(2)11-3/h4-5,7H,1-3H3. The van der Waals surface area contributed by atoms with E-state index in [2.05, 4.69) is 0 Å². The van der Waals surface area contributed by atoms with Crippen LogP contribution in [-0.4, -0.2) is 19.0 Å². The number of hydrogen-bond acceptors (Lipinski definition) is 3. The van der Waals surface area contributed by atoms with Gasteiger partial charge in [-0.3, -0.25) is 4.79 Å². The fraction of sp³-hybridized carbons (Fsp3) is 0.444. The Morgan fingerprint density at radius 1 is 1.67 bits per heavy atom. The molecule has 3 heteroatoms. The van der Waals surface area contributed by atoms with Crippen LogP contribution < -0.4 is 0 Å². The Kier molecular flexibility index (Phi) is 3.00. The number of ether oxygens (including phenoxy) is 1. The lowest BCUT2D eigenvalue weighted by Crippen LogP contribution is -2.18. The molecule has 0 bridgehead atoms. The molecule has 0 radical (unpaired) electrons. The van der Waals surface area contributed by atoms with E-state index in [9.17, 15) is 4.79 Å². The summed E-state index contributed by atoms with van der Waals surface area (Å²) in [5, 5.41) is 1.87. The maximum atomic E-state index is 11.5. The Balaban J connectivity index is 2.78. The van der Waals surface area contributed by atoms with Gasteiger partial charge in [0.1, 0.15) is 6.10 Å². The molecule has 0 fully saturated rings. The van der Waals surface area contributed by atoms with E-state index in [-0.39, 0.29) is 11.9 Å². The molecule has 1 aromatic rings. The third-order valence-electron chi connectivity index (χ3n) is 1.74. The molecular weight excluding hydrogens is 172 g/mol. The molecular formula is C9H12O2S. The molecule has 0 amide bonds. The first-order valence-electron chi connectivity index (χ1n) is 3.77. The van der Waals surface area contributed by atoms with Crippen molar-refractivity contribution in [1.82, 2.24) is 0 Å². The number of Topliss-reactive ketones (excluding diaryl/α,β-unsaturated/α-hetero) is 1. The number of methoxy groups -OCH3 is 1. The second kappa shape index (κ2) is 3.83. The molecule has 0 aliphatic heterocycles. The number of rotatable bonds is 3. The Morgan fingerprint density at radius 3 is 2.75 bits per heavy atom. The van der Waals surface area contributed by atoms with E-state index in [0.29, 0.717) is 0 Å². The van der Waals surface area contributed by atoms with Gasteiger partial charge in [-0.05, 0) is 19.9 Å². The molecule has 1 rings (SSSR count). The van der Waals surface area contributed by atoms with E-state index >= 15 is 0 Å². The number of aryl methyl sites for hydroxylation is 1. The number of carbonyl (C=O) groups excluding carboxylic acids is 1. The average Bonchev–Trinajstić information content (AvgIpc) is 2.49. The van der Waals surface area contributed by atoms with Crippen LogP contribution in [0.2, 0.25) is 0 Å². The zero-order valence-electron chi connectivity index (χ0n) is 7.46. The normalized spacial score (nSPS) is 12.9. The monoisotopic (exact) mass is 184 g/mol. The summed E-state index contributed by atoms with van der Waals surface area (Å²) in [6, 6.07) is 1.89. The minimum Gasteiger partial charge on any atom is -0.374 e. The maximum absolute atomic E-state index is 11.5. The van der Waals surface area contributed by atoms with Crippen molar-refractivity contribution >= 4 is 17.1 Å². The summed E-state index contributed by atoms with van der Waals surface area (Å²) in [7, 11) is 1.54. The Morgan fingerprint density at radius 2 is 2.33 bits per heavy atom. The van der Waals surface area contributed by atoms with Crippen molar-refractivity contribution in [3.05, 3.63) is 21.9 Å². The maximum Gasteiger partial charge on any atom is 0.192 e. The topological polar surface area (TPSA) is 26.3 Å². The highest BCUT2D eigenvalue weighted by Crippen LogP contribution is 2.15. The molecule has 0 aliphatic carbocycles. The highest BCUT2D eigenvalue weighted by Gasteiger charge is 2.14. The van der Waals surface area contributed by atoms with Gasteiger partial charge in [-0.15, -0.1) is 11.3 Å². The lowest BCUT2D eigenvalue weighted by Gasteiger charge is -2.05. The summed E-state index contributed by atoms with van der Waals surface area (Å²) in [6.45, 7) is 3.74. The smallest absolute Gasteiger partial charge is 0.192 e. The van der Waals surface area contributed by atoms with Crippen LogP contribution in [-0.2, 0) is 4.74 Å². The molecule has 0 saturated carbocycles. The summed E-state index contributed by atoms with van der Waals surface area (Å²) in [5.74, 6) is 0.0573. The largest absolute Gasteiger partial charge is 0.374 e. The fourth-order valence-corrected chi connectivity index (χ4v) is 1.61. The van der Waals surface area contributed by atoms with Crippen LogP contribution >= 0.6 is 11.3 Å². The minimum atomic E-state index is -0.334. The Labute approximate surface area is 76.2 Å². The fourth-order valence-electron chi connectivity index (χ4n) is 0.914.